The second-order valence-electron chi connectivity index (χ2n) is 7.46. The molecule has 7 heteroatoms. The third kappa shape index (κ3) is 4.77. The summed E-state index contributed by atoms with van der Waals surface area (Å²) in [6.07, 6.45) is 2.30. The number of aliphatic imine (C=N–C) groups is 1. The third-order valence-corrected chi connectivity index (χ3v) is 5.49. The first-order valence-corrected chi connectivity index (χ1v) is 9.65. The summed E-state index contributed by atoms with van der Waals surface area (Å²) >= 11 is 1.46. The highest BCUT2D eigenvalue weighted by Gasteiger charge is 2.48. The van der Waals surface area contributed by atoms with Crippen molar-refractivity contribution in [2.45, 2.75) is 70.3 Å². The molecule has 0 N–H and O–H groups in total. The number of fused-ring (bicyclic) bond motifs is 1. The second-order valence-corrected chi connectivity index (χ2v) is 8.52. The average molecular weight is 371 g/mol. The molecular weight excluding hydrogens is 340 g/mol. The molecule has 2 heterocycles. The van der Waals surface area contributed by atoms with Crippen LogP contribution >= 0.6 is 11.8 Å². The summed E-state index contributed by atoms with van der Waals surface area (Å²) in [5, 5.41) is 0.611. The van der Waals surface area contributed by atoms with E-state index in [0.717, 1.165) is 6.42 Å². The Kier molecular flexibility index (Phi) is 6.56. The van der Waals surface area contributed by atoms with Crippen LogP contribution in [-0.2, 0) is 14.2 Å². The maximum atomic E-state index is 12.3. The quantitative estimate of drug-likeness (QED) is 0.707. The fraction of sp³-hybridized carbons (Fsp3) is 0.778. The molecule has 1 amide bonds. The Bertz CT molecular complexity index is 532. The van der Waals surface area contributed by atoms with Gasteiger partial charge in [0, 0.05) is 13.0 Å². The van der Waals surface area contributed by atoms with Gasteiger partial charge in [0.15, 0.2) is 5.17 Å². The number of ether oxygens (including phenoxy) is 3. The molecule has 0 spiro atoms. The van der Waals surface area contributed by atoms with Gasteiger partial charge in [0.25, 0.3) is 0 Å². The van der Waals surface area contributed by atoms with Gasteiger partial charge in [-0.1, -0.05) is 31.7 Å². The third-order valence-electron chi connectivity index (χ3n) is 4.27. The molecule has 25 heavy (non-hydrogen) atoms. The normalized spacial score (nSPS) is 31.9. The van der Waals surface area contributed by atoms with E-state index < -0.39 is 11.7 Å². The molecule has 6 nitrogen and oxygen atoms in total. The number of hydrogen-bond donors (Lipinski definition) is 0. The topological polar surface area (TPSA) is 60.4 Å². The molecule has 1 fully saturated rings. The minimum absolute atomic E-state index is 0.0567. The molecule has 5 atom stereocenters. The summed E-state index contributed by atoms with van der Waals surface area (Å²) < 4.78 is 17.6. The molecule has 142 valence electrons. The number of carbonyl (C=O) groups excluding carboxylic acids is 1. The average Bonchev–Trinajstić information content (AvgIpc) is 2.94. The Hall–Kier alpha value is -1.05. The van der Waals surface area contributed by atoms with E-state index >= 15 is 0 Å². The first-order chi connectivity index (χ1) is 11.7. The van der Waals surface area contributed by atoms with Crippen molar-refractivity contribution in [2.75, 3.05) is 13.7 Å². The fourth-order valence-corrected chi connectivity index (χ4v) is 4.20. The Balaban J connectivity index is 2.15. The predicted octanol–water partition coefficient (Wildman–Crippen LogP) is 3.67. The summed E-state index contributed by atoms with van der Waals surface area (Å²) in [5.74, 6) is 0.224. The van der Waals surface area contributed by atoms with Crippen molar-refractivity contribution in [3.05, 3.63) is 12.7 Å². The summed E-state index contributed by atoms with van der Waals surface area (Å²) in [7, 11) is 1.68. The van der Waals surface area contributed by atoms with Crippen LogP contribution in [0.5, 0.6) is 0 Å². The van der Waals surface area contributed by atoms with Gasteiger partial charge in [-0.25, -0.2) is 4.79 Å². The molecule has 0 unspecified atom stereocenters. The summed E-state index contributed by atoms with van der Waals surface area (Å²) in [6.45, 7) is 14.0. The van der Waals surface area contributed by atoms with Crippen LogP contribution in [0.2, 0.25) is 0 Å². The minimum atomic E-state index is -0.546. The highest BCUT2D eigenvalue weighted by molar-refractivity contribution is 8.14. The molecule has 0 aliphatic carbocycles. The highest BCUT2D eigenvalue weighted by Crippen LogP contribution is 2.41. The van der Waals surface area contributed by atoms with Crippen LogP contribution in [0.1, 0.15) is 41.0 Å². The number of amidine groups is 1. The number of thioether (sulfide) groups is 1. The van der Waals surface area contributed by atoms with Crippen LogP contribution in [-0.4, -0.2) is 59.1 Å². The fourth-order valence-electron chi connectivity index (χ4n) is 3.02. The second kappa shape index (κ2) is 8.10. The van der Waals surface area contributed by atoms with Crippen molar-refractivity contribution >= 4 is 23.0 Å². The van der Waals surface area contributed by atoms with Crippen molar-refractivity contribution in [3.8, 4) is 0 Å². The SMILES string of the molecule is C=CCO[C@H]1[C@H](C)[C@@H](CC)O[C@@H]2SC(N(C)C(=O)OC(C)(C)C)=N[C@H]12. The zero-order valence-electron chi connectivity index (χ0n) is 16.0. The van der Waals surface area contributed by atoms with Gasteiger partial charge in [0.2, 0.25) is 0 Å². The molecule has 0 aromatic rings. The molecule has 2 aliphatic heterocycles. The van der Waals surface area contributed by atoms with Crippen molar-refractivity contribution < 1.29 is 19.0 Å². The molecular formula is C18H30N2O4S. The van der Waals surface area contributed by atoms with Gasteiger partial charge in [0.05, 0.1) is 18.8 Å². The molecule has 0 saturated carbocycles. The Labute approximate surface area is 155 Å². The van der Waals surface area contributed by atoms with Gasteiger partial charge in [-0.3, -0.25) is 9.89 Å². The van der Waals surface area contributed by atoms with Gasteiger partial charge in [-0.2, -0.15) is 0 Å². The van der Waals surface area contributed by atoms with Crippen molar-refractivity contribution in [2.24, 2.45) is 10.9 Å². The Morgan fingerprint density at radius 3 is 2.72 bits per heavy atom. The number of carbonyl (C=O) groups is 1. The van der Waals surface area contributed by atoms with Crippen LogP contribution in [0.4, 0.5) is 4.79 Å². The van der Waals surface area contributed by atoms with E-state index in [0.29, 0.717) is 11.8 Å². The predicted molar refractivity (Wildman–Crippen MR) is 101 cm³/mol. The van der Waals surface area contributed by atoms with E-state index in [1.165, 1.54) is 16.7 Å². The lowest BCUT2D eigenvalue weighted by atomic mass is 9.88. The van der Waals surface area contributed by atoms with Gasteiger partial charge in [0.1, 0.15) is 17.1 Å². The molecule has 0 aromatic carbocycles. The molecule has 2 rings (SSSR count). The molecule has 2 aliphatic rings. The minimum Gasteiger partial charge on any atom is -0.443 e. The van der Waals surface area contributed by atoms with Crippen LogP contribution in [0.3, 0.4) is 0 Å². The van der Waals surface area contributed by atoms with E-state index in [1.54, 1.807) is 13.1 Å². The molecule has 0 bridgehead atoms. The van der Waals surface area contributed by atoms with Crippen LogP contribution in [0.25, 0.3) is 0 Å². The number of rotatable bonds is 4. The van der Waals surface area contributed by atoms with E-state index in [9.17, 15) is 4.79 Å². The lowest BCUT2D eigenvalue weighted by Crippen LogP contribution is -2.51. The summed E-state index contributed by atoms with van der Waals surface area (Å²) in [4.78, 5) is 18.5. The maximum absolute atomic E-state index is 12.3. The summed E-state index contributed by atoms with van der Waals surface area (Å²) in [5.41, 5.74) is -0.689. The maximum Gasteiger partial charge on any atom is 0.416 e. The van der Waals surface area contributed by atoms with Crippen molar-refractivity contribution in [1.82, 2.24) is 4.90 Å². The van der Waals surface area contributed by atoms with Gasteiger partial charge >= 0.3 is 6.09 Å². The van der Waals surface area contributed by atoms with Crippen LogP contribution < -0.4 is 0 Å². The highest BCUT2D eigenvalue weighted by atomic mass is 32.2. The first-order valence-electron chi connectivity index (χ1n) is 8.77. The molecule has 1 saturated heterocycles. The van der Waals surface area contributed by atoms with E-state index in [1.807, 2.05) is 20.8 Å². The van der Waals surface area contributed by atoms with Gasteiger partial charge < -0.3 is 14.2 Å². The Morgan fingerprint density at radius 2 is 2.16 bits per heavy atom. The van der Waals surface area contributed by atoms with Crippen molar-refractivity contribution in [3.63, 3.8) is 0 Å². The lowest BCUT2D eigenvalue weighted by molar-refractivity contribution is -0.128. The standard InChI is InChI=1S/C18H30N2O4S/c1-8-10-22-14-11(3)12(9-2)23-15-13(14)19-16(25-15)20(7)17(21)24-18(4,5)6/h8,11-15H,1,9-10H2,2-7H3/t11-,12-,13-,14+,15-/m1/s1. The Morgan fingerprint density at radius 1 is 1.48 bits per heavy atom. The van der Waals surface area contributed by atoms with E-state index in [2.05, 4.69) is 20.4 Å². The largest absolute Gasteiger partial charge is 0.443 e. The summed E-state index contributed by atoms with van der Waals surface area (Å²) in [6, 6.07) is -0.136. The monoisotopic (exact) mass is 370 g/mol. The smallest absolute Gasteiger partial charge is 0.416 e. The van der Waals surface area contributed by atoms with Gasteiger partial charge in [-0.15, -0.1) is 6.58 Å². The number of nitrogens with zero attached hydrogens (tertiary/aromatic N) is 2. The van der Waals surface area contributed by atoms with Crippen molar-refractivity contribution in [1.29, 1.82) is 0 Å². The van der Waals surface area contributed by atoms with Crippen LogP contribution in [0, 0.1) is 5.92 Å². The van der Waals surface area contributed by atoms with Gasteiger partial charge in [-0.05, 0) is 27.2 Å². The lowest BCUT2D eigenvalue weighted by Gasteiger charge is -2.41. The zero-order chi connectivity index (χ0) is 18.8. The van der Waals surface area contributed by atoms with Crippen LogP contribution in [0.15, 0.2) is 17.6 Å². The first kappa shape index (κ1) is 20.3. The van der Waals surface area contributed by atoms with E-state index in [4.69, 9.17) is 19.2 Å². The molecule has 0 radical (unpaired) electrons. The number of hydrogen-bond acceptors (Lipinski definition) is 6. The van der Waals surface area contributed by atoms with E-state index in [-0.39, 0.29) is 29.6 Å². The zero-order valence-corrected chi connectivity index (χ0v) is 16.8. The number of amides is 1. The molecule has 0 aromatic heterocycles.